The van der Waals surface area contributed by atoms with E-state index in [4.69, 9.17) is 0 Å². The van der Waals surface area contributed by atoms with Crippen molar-refractivity contribution >= 4 is 60.7 Å². The Labute approximate surface area is 342 Å². The van der Waals surface area contributed by atoms with E-state index in [9.17, 15) is 95.9 Å². The average molecular weight is 1160 g/mol. The topological polar surface area (TPSA) is 86.7 Å². The van der Waals surface area contributed by atoms with Gasteiger partial charge in [-0.1, -0.05) is 0 Å². The van der Waals surface area contributed by atoms with E-state index in [-0.39, 0.29) is 14.3 Å². The molecule has 0 radical (unpaired) electrons. The Morgan fingerprint density at radius 1 is 0.317 bits per heavy atom. The molecule has 336 valence electrons. The van der Waals surface area contributed by atoms with Crippen LogP contribution in [0.15, 0.2) is 121 Å². The van der Waals surface area contributed by atoms with Gasteiger partial charge in [-0.3, -0.25) is 0 Å². The van der Waals surface area contributed by atoms with E-state index in [0.29, 0.717) is 0 Å². The van der Waals surface area contributed by atoms with E-state index in [0.717, 1.165) is 0 Å². The zero-order valence-electron chi connectivity index (χ0n) is 28.4. The third-order valence-corrected chi connectivity index (χ3v) is 21.6. The van der Waals surface area contributed by atoms with E-state index in [1.54, 1.807) is 0 Å². The number of hydrogen-bond donors (Lipinski definition) is 0. The van der Waals surface area contributed by atoms with Crippen LogP contribution in [0.4, 0.5) is 79.0 Å². The summed E-state index contributed by atoms with van der Waals surface area (Å²) in [7, 11) is -13.9. The Morgan fingerprint density at radius 3 is 0.667 bits per heavy atom. The molecule has 0 atom stereocenters. The number of rotatable bonds is 14. The number of halogens is 20. The van der Waals surface area contributed by atoms with Crippen molar-refractivity contribution in [2.45, 2.75) is 46.6 Å². The molecule has 0 heterocycles. The van der Waals surface area contributed by atoms with Crippen LogP contribution in [0, 0.1) is 14.3 Å². The van der Waals surface area contributed by atoms with Gasteiger partial charge in [-0.05, 0) is 0 Å². The molecule has 0 saturated carbocycles. The first kappa shape index (κ1) is 51.3. The van der Waals surface area contributed by atoms with Gasteiger partial charge in [0.1, 0.15) is 0 Å². The van der Waals surface area contributed by atoms with E-state index in [1.165, 1.54) is 121 Å². The summed E-state index contributed by atoms with van der Waals surface area (Å²) in [5.41, 5.74) is 0. The zero-order chi connectivity index (χ0) is 46.0. The molecule has 0 aliphatic heterocycles. The summed E-state index contributed by atoms with van der Waals surface area (Å²) in [6.07, 6.45) is -14.3. The SMILES string of the molecule is O=S(=O)(OI(c1ccccc1)c1ccccc1)C(F)(F)C(F)(F)C(F)(F)C(F)(F)F.O=S(=O)(OI(c1ccccc1)c1ccccc1)C(F)(F)C(F)(F)C(F)(F)C(F)(F)F. The second kappa shape index (κ2) is 17.9. The normalized spacial score (nSPS) is 14.5. The molecule has 0 unspecified atom stereocenters. The van der Waals surface area contributed by atoms with E-state index in [2.05, 4.69) is 5.03 Å². The monoisotopic (exact) mass is 1160 g/mol. The summed E-state index contributed by atoms with van der Waals surface area (Å²) in [6, 6.07) is 26.2. The molecule has 28 heteroatoms. The fourth-order valence-corrected chi connectivity index (χ4v) is 17.9. The van der Waals surface area contributed by atoms with Crippen molar-refractivity contribution in [2.75, 3.05) is 0 Å². The van der Waals surface area contributed by atoms with Crippen molar-refractivity contribution in [1.29, 1.82) is 0 Å². The van der Waals surface area contributed by atoms with Crippen LogP contribution in [0.3, 0.4) is 0 Å². The molecule has 6 nitrogen and oxygen atoms in total. The van der Waals surface area contributed by atoms with Crippen LogP contribution >= 0.6 is 40.5 Å². The van der Waals surface area contributed by atoms with E-state index in [1.807, 2.05) is 0 Å². The van der Waals surface area contributed by atoms with Gasteiger partial charge < -0.3 is 0 Å². The second-order valence-corrected chi connectivity index (χ2v) is 24.1. The standard InChI is InChI=1S/2C16H10F9IO3S/c2*17-13(18,15(21,22)23)14(19,20)16(24,25)30(27,28)29-26(11-7-3-1-4-8-11)12-9-5-2-6-10-12/h2*1-10H. The Balaban J connectivity index is 0.000000320. The van der Waals surface area contributed by atoms with Crippen LogP contribution in [0.5, 0.6) is 0 Å². The fraction of sp³-hybridized carbons (Fsp3) is 0.250. The summed E-state index contributed by atoms with van der Waals surface area (Å²) in [4.78, 5) is 0. The quantitative estimate of drug-likeness (QED) is 0.0924. The Bertz CT molecular complexity index is 2010. The third kappa shape index (κ3) is 9.90. The van der Waals surface area contributed by atoms with Crippen molar-refractivity contribution in [3.8, 4) is 0 Å². The molecule has 4 aromatic rings. The number of hydrogen-bond acceptors (Lipinski definition) is 6. The van der Waals surface area contributed by atoms with Crippen LogP contribution in [0.25, 0.3) is 0 Å². The second-order valence-electron chi connectivity index (χ2n) is 11.0. The summed E-state index contributed by atoms with van der Waals surface area (Å²) in [6.45, 7) is 0. The molecule has 4 aromatic carbocycles. The summed E-state index contributed by atoms with van der Waals surface area (Å²) in [5.74, 6) is -29.4. The van der Waals surface area contributed by atoms with Gasteiger partial charge in [0.15, 0.2) is 0 Å². The molecule has 0 aromatic heterocycles. The molecule has 60 heavy (non-hydrogen) atoms. The van der Waals surface area contributed by atoms with Gasteiger partial charge in [0.05, 0.1) is 0 Å². The molecule has 0 amide bonds. The van der Waals surface area contributed by atoms with Gasteiger partial charge in [-0.2, -0.15) is 0 Å². The van der Waals surface area contributed by atoms with Gasteiger partial charge in [-0.15, -0.1) is 0 Å². The molecular formula is C32H20F18I2O6S2. The third-order valence-electron chi connectivity index (χ3n) is 6.88. The maximum absolute atomic E-state index is 14.0. The predicted molar refractivity (Wildman–Crippen MR) is 190 cm³/mol. The zero-order valence-corrected chi connectivity index (χ0v) is 34.3. The van der Waals surface area contributed by atoms with Crippen molar-refractivity contribution in [2.24, 2.45) is 0 Å². The molecule has 0 N–H and O–H groups in total. The molecule has 0 aliphatic rings. The molecule has 0 saturated heterocycles. The minimum atomic E-state index is -7.35. The molecular weight excluding hydrogens is 1140 g/mol. The minimum absolute atomic E-state index is 0.0156. The number of alkyl halides is 18. The Morgan fingerprint density at radius 2 is 0.500 bits per heavy atom. The molecule has 0 aliphatic carbocycles. The molecule has 0 bridgehead atoms. The summed E-state index contributed by atoms with van der Waals surface area (Å²) >= 11 is -7.99. The van der Waals surface area contributed by atoms with E-state index >= 15 is 0 Å². The maximum atomic E-state index is 14.0. The van der Waals surface area contributed by atoms with Crippen LogP contribution in [-0.2, 0) is 25.3 Å². The van der Waals surface area contributed by atoms with Crippen molar-refractivity contribution in [1.82, 2.24) is 0 Å². The van der Waals surface area contributed by atoms with Gasteiger partial charge >= 0.3 is 344 Å². The Kier molecular flexibility index (Phi) is 15.3. The first-order valence-corrected chi connectivity index (χ1v) is 23.9. The van der Waals surface area contributed by atoms with Crippen molar-refractivity contribution in [3.63, 3.8) is 0 Å². The van der Waals surface area contributed by atoms with Gasteiger partial charge in [0.2, 0.25) is 0 Å². The first-order valence-electron chi connectivity index (χ1n) is 15.0. The summed E-state index contributed by atoms with van der Waals surface area (Å²) < 4.78 is 292. The van der Waals surface area contributed by atoms with Crippen molar-refractivity contribution < 1.29 is 101 Å². The van der Waals surface area contributed by atoms with Crippen LogP contribution in [0.2, 0.25) is 0 Å². The molecule has 0 fully saturated rings. The first-order chi connectivity index (χ1) is 27.1. The molecule has 0 spiro atoms. The van der Waals surface area contributed by atoms with Crippen LogP contribution in [-0.4, -0.2) is 63.4 Å². The predicted octanol–water partition coefficient (Wildman–Crippen LogP) is 11.8. The number of benzene rings is 4. The molecule has 4 rings (SSSR count). The van der Waals surface area contributed by atoms with Gasteiger partial charge in [-0.25, -0.2) is 0 Å². The van der Waals surface area contributed by atoms with Gasteiger partial charge in [0.25, 0.3) is 0 Å². The van der Waals surface area contributed by atoms with Crippen LogP contribution < -0.4 is 0 Å². The summed E-state index contributed by atoms with van der Waals surface area (Å²) in [5, 5.41) is -13.8. The Hall–Kier alpha value is -3.10. The fourth-order valence-electron chi connectivity index (χ4n) is 3.79. The van der Waals surface area contributed by atoms with E-state index < -0.39 is 107 Å². The van der Waals surface area contributed by atoms with Crippen LogP contribution in [0.1, 0.15) is 0 Å². The van der Waals surface area contributed by atoms with Gasteiger partial charge in [0, 0.05) is 0 Å². The van der Waals surface area contributed by atoms with Crippen molar-refractivity contribution in [3.05, 3.63) is 136 Å². The average Bonchev–Trinajstić information content (AvgIpc) is 3.16.